The summed E-state index contributed by atoms with van der Waals surface area (Å²) in [4.78, 5) is 0.386. The van der Waals surface area contributed by atoms with E-state index < -0.39 is 10.0 Å². The highest BCUT2D eigenvalue weighted by atomic mass is 32.2. The normalized spacial score (nSPS) is 19.8. The lowest BCUT2D eigenvalue weighted by Crippen LogP contribution is -2.43. The molecule has 112 valence electrons. The van der Waals surface area contributed by atoms with Crippen LogP contribution >= 0.6 is 0 Å². The summed E-state index contributed by atoms with van der Waals surface area (Å²) >= 11 is 0. The van der Waals surface area contributed by atoms with E-state index in [0.717, 1.165) is 25.1 Å². The lowest BCUT2D eigenvalue weighted by atomic mass is 9.85. The maximum absolute atomic E-state index is 12.6. The zero-order chi connectivity index (χ0) is 14.8. The molecule has 0 unspecified atom stereocenters. The molecule has 0 amide bonds. The van der Waals surface area contributed by atoms with Crippen molar-refractivity contribution in [3.05, 3.63) is 24.3 Å². The largest absolute Gasteiger partial charge is 0.385 e. The summed E-state index contributed by atoms with van der Waals surface area (Å²) < 4.78 is 26.9. The molecule has 1 aromatic rings. The van der Waals surface area contributed by atoms with Gasteiger partial charge in [-0.1, -0.05) is 13.8 Å². The van der Waals surface area contributed by atoms with Crippen molar-refractivity contribution < 1.29 is 8.42 Å². The molecule has 0 bridgehead atoms. The van der Waals surface area contributed by atoms with E-state index in [2.05, 4.69) is 19.2 Å². The summed E-state index contributed by atoms with van der Waals surface area (Å²) in [6.07, 6.45) is 2.01. The first-order valence-corrected chi connectivity index (χ1v) is 8.63. The summed E-state index contributed by atoms with van der Waals surface area (Å²) in [6, 6.07) is 7.03. The molecule has 0 spiro atoms. The van der Waals surface area contributed by atoms with Crippen molar-refractivity contribution in [1.82, 2.24) is 4.31 Å². The summed E-state index contributed by atoms with van der Waals surface area (Å²) in [5.41, 5.74) is 1.01. The Labute approximate surface area is 122 Å². The van der Waals surface area contributed by atoms with Crippen LogP contribution in [-0.4, -0.2) is 32.4 Å². The number of anilines is 1. The molecular formula is C15H24N2O2S. The van der Waals surface area contributed by atoms with Gasteiger partial charge in [-0.3, -0.25) is 0 Å². The molecule has 1 saturated heterocycles. The molecule has 0 aromatic heterocycles. The smallest absolute Gasteiger partial charge is 0.243 e. The van der Waals surface area contributed by atoms with E-state index in [4.69, 9.17) is 0 Å². The highest BCUT2D eigenvalue weighted by molar-refractivity contribution is 7.89. The fraction of sp³-hybridized carbons (Fsp3) is 0.600. The van der Waals surface area contributed by atoms with Gasteiger partial charge in [0.05, 0.1) is 4.90 Å². The first kappa shape index (κ1) is 15.3. The molecule has 1 aromatic carbocycles. The van der Waals surface area contributed by atoms with Crippen LogP contribution in [0.4, 0.5) is 5.69 Å². The van der Waals surface area contributed by atoms with Crippen molar-refractivity contribution in [3.63, 3.8) is 0 Å². The van der Waals surface area contributed by atoms with Gasteiger partial charge in [-0.2, -0.15) is 4.31 Å². The van der Waals surface area contributed by atoms with Gasteiger partial charge in [0.2, 0.25) is 10.0 Å². The van der Waals surface area contributed by atoms with Gasteiger partial charge in [0, 0.05) is 25.3 Å². The van der Waals surface area contributed by atoms with Gasteiger partial charge in [0.1, 0.15) is 0 Å². The van der Waals surface area contributed by atoms with Crippen LogP contribution in [0.3, 0.4) is 0 Å². The van der Waals surface area contributed by atoms with Gasteiger partial charge >= 0.3 is 0 Å². The Bertz CT molecular complexity index is 550. The average Bonchev–Trinajstić information content (AvgIpc) is 2.38. The van der Waals surface area contributed by atoms with Crippen LogP contribution in [-0.2, 0) is 10.0 Å². The van der Waals surface area contributed by atoms with Crippen molar-refractivity contribution in [1.29, 1.82) is 0 Å². The lowest BCUT2D eigenvalue weighted by molar-refractivity contribution is 0.187. The number of nitrogens with one attached hydrogen (secondary N) is 1. The van der Waals surface area contributed by atoms with Gasteiger partial charge in [-0.15, -0.1) is 0 Å². The van der Waals surface area contributed by atoms with Gasteiger partial charge in [0.15, 0.2) is 0 Å². The quantitative estimate of drug-likeness (QED) is 0.929. The highest BCUT2D eigenvalue weighted by Gasteiger charge is 2.33. The zero-order valence-electron chi connectivity index (χ0n) is 12.5. The number of nitrogens with zero attached hydrogens (tertiary/aromatic N) is 1. The predicted molar refractivity (Wildman–Crippen MR) is 82.4 cm³/mol. The number of hydrogen-bond acceptors (Lipinski definition) is 3. The number of sulfonamides is 1. The third-order valence-electron chi connectivity index (χ3n) is 3.74. The van der Waals surface area contributed by atoms with Crippen LogP contribution < -0.4 is 5.32 Å². The third kappa shape index (κ3) is 3.33. The molecule has 1 aliphatic heterocycles. The van der Waals surface area contributed by atoms with Crippen molar-refractivity contribution in [3.8, 4) is 0 Å². The van der Waals surface area contributed by atoms with E-state index in [0.29, 0.717) is 18.0 Å². The van der Waals surface area contributed by atoms with Crippen molar-refractivity contribution in [2.75, 3.05) is 25.0 Å². The molecule has 0 radical (unpaired) electrons. The van der Waals surface area contributed by atoms with Gasteiger partial charge in [0.25, 0.3) is 0 Å². The van der Waals surface area contributed by atoms with Crippen LogP contribution in [0.2, 0.25) is 0 Å². The SMILES string of the molecule is CCNc1ccc(S(=O)(=O)N2CCCC(C)(C)C2)cc1. The zero-order valence-corrected chi connectivity index (χ0v) is 13.3. The molecule has 0 saturated carbocycles. The van der Waals surface area contributed by atoms with Crippen LogP contribution in [0.25, 0.3) is 0 Å². The molecule has 5 heteroatoms. The minimum Gasteiger partial charge on any atom is -0.385 e. The highest BCUT2D eigenvalue weighted by Crippen LogP contribution is 2.31. The predicted octanol–water partition coefficient (Wildman–Crippen LogP) is 2.93. The van der Waals surface area contributed by atoms with Crippen molar-refractivity contribution in [2.24, 2.45) is 5.41 Å². The Kier molecular flexibility index (Phi) is 4.39. The fourth-order valence-electron chi connectivity index (χ4n) is 2.67. The average molecular weight is 296 g/mol. The summed E-state index contributed by atoms with van der Waals surface area (Å²) in [5.74, 6) is 0. The molecular weight excluding hydrogens is 272 g/mol. The number of piperidine rings is 1. The van der Waals surface area contributed by atoms with Crippen molar-refractivity contribution in [2.45, 2.75) is 38.5 Å². The van der Waals surface area contributed by atoms with Gasteiger partial charge in [-0.25, -0.2) is 8.42 Å². The van der Waals surface area contributed by atoms with E-state index in [1.165, 1.54) is 0 Å². The molecule has 0 atom stereocenters. The first-order valence-electron chi connectivity index (χ1n) is 7.19. The second-order valence-electron chi connectivity index (χ2n) is 6.16. The summed E-state index contributed by atoms with van der Waals surface area (Å²) in [7, 11) is -3.36. The summed E-state index contributed by atoms with van der Waals surface area (Å²) in [5, 5.41) is 3.17. The molecule has 2 rings (SSSR count). The van der Waals surface area contributed by atoms with E-state index >= 15 is 0 Å². The fourth-order valence-corrected chi connectivity index (χ4v) is 4.34. The Balaban J connectivity index is 2.21. The summed E-state index contributed by atoms with van der Waals surface area (Å²) in [6.45, 7) is 8.32. The van der Waals surface area contributed by atoms with Gasteiger partial charge in [-0.05, 0) is 49.4 Å². The molecule has 4 nitrogen and oxygen atoms in total. The monoisotopic (exact) mass is 296 g/mol. The molecule has 1 heterocycles. The number of benzene rings is 1. The standard InChI is InChI=1S/C15H24N2O2S/c1-4-16-13-6-8-14(9-7-13)20(18,19)17-11-5-10-15(2,3)12-17/h6-9,16H,4-5,10-12H2,1-3H3. The maximum atomic E-state index is 12.6. The second-order valence-corrected chi connectivity index (χ2v) is 8.10. The van der Waals surface area contributed by atoms with Crippen molar-refractivity contribution >= 4 is 15.7 Å². The molecule has 1 aliphatic rings. The minimum absolute atomic E-state index is 0.0645. The van der Waals surface area contributed by atoms with E-state index in [1.807, 2.05) is 19.1 Å². The van der Waals surface area contributed by atoms with Crippen LogP contribution in [0.15, 0.2) is 29.2 Å². The minimum atomic E-state index is -3.36. The third-order valence-corrected chi connectivity index (χ3v) is 5.60. The molecule has 1 fully saturated rings. The van der Waals surface area contributed by atoms with Crippen LogP contribution in [0.1, 0.15) is 33.6 Å². The number of hydrogen-bond donors (Lipinski definition) is 1. The Morgan fingerprint density at radius 1 is 1.25 bits per heavy atom. The van der Waals surface area contributed by atoms with Crippen LogP contribution in [0, 0.1) is 5.41 Å². The topological polar surface area (TPSA) is 49.4 Å². The number of rotatable bonds is 4. The molecule has 20 heavy (non-hydrogen) atoms. The Hall–Kier alpha value is -1.07. The Morgan fingerprint density at radius 3 is 2.45 bits per heavy atom. The van der Waals surface area contributed by atoms with E-state index in [9.17, 15) is 8.42 Å². The molecule has 0 aliphatic carbocycles. The maximum Gasteiger partial charge on any atom is 0.243 e. The van der Waals surface area contributed by atoms with E-state index in [-0.39, 0.29) is 5.41 Å². The van der Waals surface area contributed by atoms with E-state index in [1.54, 1.807) is 16.4 Å². The lowest BCUT2D eigenvalue weighted by Gasteiger charge is -2.37. The van der Waals surface area contributed by atoms with Crippen LogP contribution in [0.5, 0.6) is 0 Å². The Morgan fingerprint density at radius 2 is 1.90 bits per heavy atom. The first-order chi connectivity index (χ1) is 9.35. The second kappa shape index (κ2) is 5.74. The molecule has 1 N–H and O–H groups in total. The van der Waals surface area contributed by atoms with Gasteiger partial charge < -0.3 is 5.32 Å².